The summed E-state index contributed by atoms with van der Waals surface area (Å²) in [7, 11) is 0. The highest BCUT2D eigenvalue weighted by molar-refractivity contribution is 7.22. The molecule has 0 saturated heterocycles. The second kappa shape index (κ2) is 9.58. The number of para-hydroxylation sites is 1. The number of carbonyl (C=O) groups is 1. The molecule has 1 heterocycles. The monoisotopic (exact) mass is 412 g/mol. The van der Waals surface area contributed by atoms with Crippen LogP contribution < -0.4 is 4.90 Å². The van der Waals surface area contributed by atoms with Crippen molar-refractivity contribution in [1.29, 1.82) is 0 Å². The fourth-order valence-electron chi connectivity index (χ4n) is 3.09. The van der Waals surface area contributed by atoms with Crippen molar-refractivity contribution < 1.29 is 9.72 Å². The molecule has 0 bridgehead atoms. The summed E-state index contributed by atoms with van der Waals surface area (Å²) in [6.07, 6.45) is 0.173. The predicted molar refractivity (Wildman–Crippen MR) is 117 cm³/mol. The number of thiazole rings is 1. The van der Waals surface area contributed by atoms with E-state index >= 15 is 0 Å². The van der Waals surface area contributed by atoms with Gasteiger partial charge in [-0.15, -0.1) is 0 Å². The van der Waals surface area contributed by atoms with E-state index in [0.717, 1.165) is 35.4 Å². The third-order valence-corrected chi connectivity index (χ3v) is 5.91. The quantitative estimate of drug-likeness (QED) is 0.390. The smallest absolute Gasteiger partial charge is 0.269 e. The van der Waals surface area contributed by atoms with Crippen molar-refractivity contribution in [2.45, 2.75) is 20.3 Å². The van der Waals surface area contributed by atoms with Gasteiger partial charge in [-0.2, -0.15) is 0 Å². The Bertz CT molecular complexity index is 950. The summed E-state index contributed by atoms with van der Waals surface area (Å²) in [6.45, 7) is 7.35. The van der Waals surface area contributed by atoms with Crippen LogP contribution in [0.1, 0.15) is 19.4 Å². The van der Waals surface area contributed by atoms with Crippen LogP contribution in [0.25, 0.3) is 10.2 Å². The summed E-state index contributed by atoms with van der Waals surface area (Å²) >= 11 is 1.50. The van der Waals surface area contributed by atoms with Gasteiger partial charge in [-0.05, 0) is 30.8 Å². The molecular formula is C21H24N4O3S. The van der Waals surface area contributed by atoms with E-state index in [1.54, 1.807) is 17.0 Å². The third-order valence-electron chi connectivity index (χ3n) is 4.85. The van der Waals surface area contributed by atoms with E-state index < -0.39 is 4.92 Å². The van der Waals surface area contributed by atoms with Crippen LogP contribution in [0.15, 0.2) is 48.5 Å². The van der Waals surface area contributed by atoms with Crippen LogP contribution in [0.5, 0.6) is 0 Å². The van der Waals surface area contributed by atoms with Gasteiger partial charge in [0.15, 0.2) is 5.13 Å². The number of benzene rings is 2. The van der Waals surface area contributed by atoms with Gasteiger partial charge in [-0.3, -0.25) is 19.8 Å². The molecule has 3 rings (SSSR count). The Kier molecular flexibility index (Phi) is 6.90. The zero-order valence-electron chi connectivity index (χ0n) is 16.6. The number of fused-ring (bicyclic) bond motifs is 1. The maximum Gasteiger partial charge on any atom is 0.269 e. The van der Waals surface area contributed by atoms with Crippen LogP contribution in [0.4, 0.5) is 10.8 Å². The maximum absolute atomic E-state index is 13.1. The minimum atomic E-state index is -0.441. The average molecular weight is 413 g/mol. The van der Waals surface area contributed by atoms with Gasteiger partial charge in [0.25, 0.3) is 5.69 Å². The molecule has 0 atom stereocenters. The van der Waals surface area contributed by atoms with E-state index in [1.165, 1.54) is 23.5 Å². The maximum atomic E-state index is 13.1. The number of hydrogen-bond donors (Lipinski definition) is 0. The molecule has 0 fully saturated rings. The van der Waals surface area contributed by atoms with Crippen LogP contribution in [0.2, 0.25) is 0 Å². The van der Waals surface area contributed by atoms with Crippen molar-refractivity contribution in [2.75, 3.05) is 31.1 Å². The molecule has 0 aliphatic rings. The molecule has 0 aliphatic heterocycles. The van der Waals surface area contributed by atoms with Gasteiger partial charge >= 0.3 is 0 Å². The van der Waals surface area contributed by atoms with Crippen LogP contribution >= 0.6 is 11.3 Å². The van der Waals surface area contributed by atoms with Crippen LogP contribution in [0.3, 0.4) is 0 Å². The lowest BCUT2D eigenvalue weighted by Gasteiger charge is -2.24. The lowest BCUT2D eigenvalue weighted by Crippen LogP contribution is -2.39. The molecule has 7 nitrogen and oxygen atoms in total. The molecule has 29 heavy (non-hydrogen) atoms. The number of non-ortho nitro benzene ring substituents is 1. The van der Waals surface area contributed by atoms with Gasteiger partial charge in [0.05, 0.1) is 21.6 Å². The molecule has 0 saturated carbocycles. The summed E-state index contributed by atoms with van der Waals surface area (Å²) in [5.41, 5.74) is 1.64. The van der Waals surface area contributed by atoms with Crippen molar-refractivity contribution in [2.24, 2.45) is 0 Å². The van der Waals surface area contributed by atoms with E-state index in [9.17, 15) is 14.9 Å². The molecule has 0 unspecified atom stereocenters. The van der Waals surface area contributed by atoms with E-state index in [0.29, 0.717) is 11.7 Å². The summed E-state index contributed by atoms with van der Waals surface area (Å²) in [5, 5.41) is 11.5. The summed E-state index contributed by atoms with van der Waals surface area (Å²) in [4.78, 5) is 32.2. The van der Waals surface area contributed by atoms with Crippen molar-refractivity contribution in [1.82, 2.24) is 9.88 Å². The largest absolute Gasteiger partial charge is 0.302 e. The molecular weight excluding hydrogens is 388 g/mol. The number of amides is 1. The zero-order valence-corrected chi connectivity index (χ0v) is 17.4. The number of nitro benzene ring substituents is 1. The minimum absolute atomic E-state index is 0.0192. The molecule has 0 aliphatic carbocycles. The first-order valence-electron chi connectivity index (χ1n) is 9.63. The number of carbonyl (C=O) groups excluding carboxylic acids is 1. The van der Waals surface area contributed by atoms with Crippen molar-refractivity contribution in [3.63, 3.8) is 0 Å². The van der Waals surface area contributed by atoms with Gasteiger partial charge in [-0.1, -0.05) is 49.4 Å². The highest BCUT2D eigenvalue weighted by Crippen LogP contribution is 2.29. The Morgan fingerprint density at radius 2 is 1.76 bits per heavy atom. The standard InChI is InChI=1S/C21H24N4O3S/c1-3-23(4-2)13-14-24(21-22-18-7-5-6-8-19(18)29-21)20(26)15-16-9-11-17(12-10-16)25(27)28/h5-12H,3-4,13-15H2,1-2H3. The average Bonchev–Trinajstić information content (AvgIpc) is 3.15. The topological polar surface area (TPSA) is 79.6 Å². The Morgan fingerprint density at radius 3 is 2.38 bits per heavy atom. The van der Waals surface area contributed by atoms with Gasteiger partial charge in [0, 0.05) is 25.2 Å². The molecule has 8 heteroatoms. The zero-order chi connectivity index (χ0) is 20.8. The van der Waals surface area contributed by atoms with Gasteiger partial charge in [0.1, 0.15) is 0 Å². The number of aromatic nitrogens is 1. The van der Waals surface area contributed by atoms with E-state index in [4.69, 9.17) is 0 Å². The Hall–Kier alpha value is -2.84. The minimum Gasteiger partial charge on any atom is -0.302 e. The second-order valence-corrected chi connectivity index (χ2v) is 7.65. The molecule has 0 spiro atoms. The number of nitrogens with zero attached hydrogens (tertiary/aromatic N) is 4. The third kappa shape index (κ3) is 5.16. The molecule has 1 aromatic heterocycles. The highest BCUT2D eigenvalue weighted by Gasteiger charge is 2.21. The molecule has 3 aromatic rings. The normalized spacial score (nSPS) is 11.1. The Labute approximate surface area is 173 Å². The Morgan fingerprint density at radius 1 is 1.07 bits per heavy atom. The first-order valence-corrected chi connectivity index (χ1v) is 10.4. The molecule has 2 aromatic carbocycles. The molecule has 152 valence electrons. The number of anilines is 1. The summed E-state index contributed by atoms with van der Waals surface area (Å²) in [5.74, 6) is -0.0648. The van der Waals surface area contributed by atoms with Crippen molar-refractivity contribution in [3.8, 4) is 0 Å². The van der Waals surface area contributed by atoms with Crippen LogP contribution in [-0.4, -0.2) is 46.9 Å². The van der Waals surface area contributed by atoms with Gasteiger partial charge in [-0.25, -0.2) is 4.98 Å². The fourth-order valence-corrected chi connectivity index (χ4v) is 4.10. The highest BCUT2D eigenvalue weighted by atomic mass is 32.1. The molecule has 0 radical (unpaired) electrons. The predicted octanol–water partition coefficient (Wildman–Crippen LogP) is 4.12. The van der Waals surface area contributed by atoms with Crippen LogP contribution in [0, 0.1) is 10.1 Å². The van der Waals surface area contributed by atoms with Gasteiger partial charge in [0.2, 0.25) is 5.91 Å². The van der Waals surface area contributed by atoms with Crippen molar-refractivity contribution in [3.05, 3.63) is 64.2 Å². The first kappa shape index (κ1) is 20.9. The van der Waals surface area contributed by atoms with Crippen molar-refractivity contribution >= 4 is 38.3 Å². The lowest BCUT2D eigenvalue weighted by atomic mass is 10.1. The summed E-state index contributed by atoms with van der Waals surface area (Å²) < 4.78 is 1.04. The van der Waals surface area contributed by atoms with E-state index in [2.05, 4.69) is 23.7 Å². The number of rotatable bonds is 9. The summed E-state index contributed by atoms with van der Waals surface area (Å²) in [6, 6.07) is 14.0. The van der Waals surface area contributed by atoms with Crippen LogP contribution in [-0.2, 0) is 11.2 Å². The lowest BCUT2D eigenvalue weighted by molar-refractivity contribution is -0.384. The number of nitro groups is 1. The number of hydrogen-bond acceptors (Lipinski definition) is 6. The van der Waals surface area contributed by atoms with Gasteiger partial charge < -0.3 is 4.90 Å². The first-order chi connectivity index (χ1) is 14.0. The molecule has 1 amide bonds. The number of likely N-dealkylation sites (N-methyl/N-ethyl adjacent to an activating group) is 1. The molecule has 0 N–H and O–H groups in total. The second-order valence-electron chi connectivity index (χ2n) is 6.64. The van der Waals surface area contributed by atoms with E-state index in [-0.39, 0.29) is 18.0 Å². The van der Waals surface area contributed by atoms with E-state index in [1.807, 2.05) is 24.3 Å². The SMILES string of the molecule is CCN(CC)CCN(C(=O)Cc1ccc([N+](=O)[O-])cc1)c1nc2ccccc2s1. The Balaban J connectivity index is 1.82. The fraction of sp³-hybridized carbons (Fsp3) is 0.333.